The van der Waals surface area contributed by atoms with Gasteiger partial charge in [-0.25, -0.2) is 0 Å². The molecule has 22 heavy (non-hydrogen) atoms. The van der Waals surface area contributed by atoms with Crippen molar-refractivity contribution in [3.8, 4) is 0 Å². The Morgan fingerprint density at radius 2 is 2.32 bits per heavy atom. The van der Waals surface area contributed by atoms with Gasteiger partial charge in [-0.3, -0.25) is 14.9 Å². The molecule has 1 atom stereocenters. The molecule has 0 spiro atoms. The molecular formula is C15H21N3O3S. The van der Waals surface area contributed by atoms with Crippen molar-refractivity contribution < 1.29 is 9.72 Å². The van der Waals surface area contributed by atoms with Crippen LogP contribution in [0.2, 0.25) is 0 Å². The van der Waals surface area contributed by atoms with Crippen molar-refractivity contribution in [2.45, 2.75) is 17.7 Å². The van der Waals surface area contributed by atoms with Crippen molar-refractivity contribution in [2.24, 2.45) is 5.92 Å². The van der Waals surface area contributed by atoms with Crippen LogP contribution in [0.5, 0.6) is 0 Å². The van der Waals surface area contributed by atoms with Crippen LogP contribution in [-0.2, 0) is 0 Å². The molecule has 0 aliphatic carbocycles. The van der Waals surface area contributed by atoms with E-state index in [1.165, 1.54) is 17.8 Å². The number of hydrogen-bond donors (Lipinski definition) is 1. The zero-order valence-corrected chi connectivity index (χ0v) is 13.7. The molecule has 1 aromatic rings. The van der Waals surface area contributed by atoms with E-state index >= 15 is 0 Å². The van der Waals surface area contributed by atoms with E-state index in [1.807, 2.05) is 13.3 Å². The molecular weight excluding hydrogens is 302 g/mol. The highest BCUT2D eigenvalue weighted by atomic mass is 32.2. The second kappa shape index (κ2) is 7.60. The molecule has 1 amide bonds. The lowest BCUT2D eigenvalue weighted by Crippen LogP contribution is -2.42. The Labute approximate surface area is 134 Å². The van der Waals surface area contributed by atoms with Gasteiger partial charge in [-0.2, -0.15) is 0 Å². The molecule has 0 bridgehead atoms. The third-order valence-electron chi connectivity index (χ3n) is 3.93. The van der Waals surface area contributed by atoms with Gasteiger partial charge in [0.2, 0.25) is 0 Å². The molecule has 1 fully saturated rings. The maximum Gasteiger partial charge on any atom is 0.282 e. The number of nitrogens with zero attached hydrogens (tertiary/aromatic N) is 2. The molecule has 2 rings (SSSR count). The van der Waals surface area contributed by atoms with Crippen molar-refractivity contribution in [3.05, 3.63) is 33.9 Å². The summed E-state index contributed by atoms with van der Waals surface area (Å²) in [5.41, 5.74) is 0.0838. The quantitative estimate of drug-likeness (QED) is 0.511. The second-order valence-corrected chi connectivity index (χ2v) is 6.34. The lowest BCUT2D eigenvalue weighted by molar-refractivity contribution is -0.385. The van der Waals surface area contributed by atoms with E-state index in [9.17, 15) is 14.9 Å². The van der Waals surface area contributed by atoms with E-state index in [0.29, 0.717) is 19.0 Å². The van der Waals surface area contributed by atoms with Crippen LogP contribution in [0, 0.1) is 16.0 Å². The molecule has 1 aliphatic rings. The molecule has 1 aromatic carbocycles. The summed E-state index contributed by atoms with van der Waals surface area (Å²) in [5.74, 6) is 0.175. The van der Waals surface area contributed by atoms with E-state index in [0.717, 1.165) is 24.3 Å². The van der Waals surface area contributed by atoms with Crippen molar-refractivity contribution in [1.29, 1.82) is 0 Å². The summed E-state index contributed by atoms with van der Waals surface area (Å²) in [6.07, 6.45) is 3.91. The minimum atomic E-state index is -0.480. The van der Waals surface area contributed by atoms with Gasteiger partial charge in [-0.1, -0.05) is 0 Å². The van der Waals surface area contributed by atoms with Crippen LogP contribution in [0.3, 0.4) is 0 Å². The highest BCUT2D eigenvalue weighted by molar-refractivity contribution is 7.98. The molecule has 7 heteroatoms. The molecule has 1 N–H and O–H groups in total. The molecule has 1 heterocycles. The first kappa shape index (κ1) is 16.8. The minimum absolute atomic E-state index is 0.112. The van der Waals surface area contributed by atoms with Crippen molar-refractivity contribution in [1.82, 2.24) is 10.2 Å². The van der Waals surface area contributed by atoms with E-state index in [-0.39, 0.29) is 17.2 Å². The fourth-order valence-corrected chi connectivity index (χ4v) is 3.29. The van der Waals surface area contributed by atoms with Gasteiger partial charge in [-0.05, 0) is 50.7 Å². The van der Waals surface area contributed by atoms with Crippen molar-refractivity contribution in [2.75, 3.05) is 32.9 Å². The van der Waals surface area contributed by atoms with E-state index in [2.05, 4.69) is 5.32 Å². The number of nitro benzene ring substituents is 1. The van der Waals surface area contributed by atoms with Crippen molar-refractivity contribution in [3.63, 3.8) is 0 Å². The van der Waals surface area contributed by atoms with Crippen molar-refractivity contribution >= 4 is 23.4 Å². The Bertz CT molecular complexity index is 563. The lowest BCUT2D eigenvalue weighted by Gasteiger charge is -2.32. The molecule has 1 aliphatic heterocycles. The molecule has 0 radical (unpaired) electrons. The predicted molar refractivity (Wildman–Crippen MR) is 87.4 cm³/mol. The number of carbonyl (C=O) groups is 1. The Morgan fingerprint density at radius 1 is 1.55 bits per heavy atom. The van der Waals surface area contributed by atoms with Gasteiger partial charge in [0, 0.05) is 24.1 Å². The predicted octanol–water partition coefficient (Wildman–Crippen LogP) is 2.39. The molecule has 1 saturated heterocycles. The first-order valence-corrected chi connectivity index (χ1v) is 8.55. The number of hydrogen-bond acceptors (Lipinski definition) is 5. The van der Waals surface area contributed by atoms with Crippen LogP contribution in [-0.4, -0.2) is 48.7 Å². The van der Waals surface area contributed by atoms with E-state index in [4.69, 9.17) is 0 Å². The highest BCUT2D eigenvalue weighted by Crippen LogP contribution is 2.27. The van der Waals surface area contributed by atoms with Gasteiger partial charge in [-0.15, -0.1) is 11.8 Å². The zero-order chi connectivity index (χ0) is 16.1. The van der Waals surface area contributed by atoms with Gasteiger partial charge >= 0.3 is 0 Å². The number of amides is 1. The summed E-state index contributed by atoms with van der Waals surface area (Å²) in [5, 5.41) is 14.3. The Balaban J connectivity index is 2.25. The second-order valence-electron chi connectivity index (χ2n) is 5.46. The van der Waals surface area contributed by atoms with Gasteiger partial charge in [0.1, 0.15) is 5.56 Å². The average Bonchev–Trinajstić information content (AvgIpc) is 2.54. The van der Waals surface area contributed by atoms with Gasteiger partial charge in [0.05, 0.1) is 4.92 Å². The molecule has 1 unspecified atom stereocenters. The van der Waals surface area contributed by atoms with Crippen LogP contribution in [0.15, 0.2) is 23.1 Å². The molecule has 0 aromatic heterocycles. The van der Waals surface area contributed by atoms with Crippen LogP contribution in [0.1, 0.15) is 23.2 Å². The highest BCUT2D eigenvalue weighted by Gasteiger charge is 2.28. The van der Waals surface area contributed by atoms with E-state index < -0.39 is 4.92 Å². The average molecular weight is 323 g/mol. The largest absolute Gasteiger partial charge is 0.338 e. The van der Waals surface area contributed by atoms with Crippen LogP contribution in [0.25, 0.3) is 0 Å². The molecule has 120 valence electrons. The summed E-state index contributed by atoms with van der Waals surface area (Å²) in [7, 11) is 1.90. The summed E-state index contributed by atoms with van der Waals surface area (Å²) < 4.78 is 0. The summed E-state index contributed by atoms with van der Waals surface area (Å²) in [6, 6.07) is 4.74. The number of rotatable bonds is 5. The maximum atomic E-state index is 12.7. The standard InChI is InChI=1S/C15H21N3O3S/c1-16-9-11-4-3-7-17(10-11)15(19)13-8-12(22-2)5-6-14(13)18(20)21/h5-6,8,11,16H,3-4,7,9-10H2,1-2H3. The number of thioether (sulfide) groups is 1. The number of piperidine rings is 1. The monoisotopic (exact) mass is 323 g/mol. The van der Waals surface area contributed by atoms with Gasteiger partial charge < -0.3 is 10.2 Å². The number of nitrogens with one attached hydrogen (secondary N) is 1. The van der Waals surface area contributed by atoms with Crippen LogP contribution >= 0.6 is 11.8 Å². The number of carbonyl (C=O) groups excluding carboxylic acids is 1. The smallest absolute Gasteiger partial charge is 0.282 e. The molecule has 0 saturated carbocycles. The Morgan fingerprint density at radius 3 is 2.95 bits per heavy atom. The third kappa shape index (κ3) is 3.78. The van der Waals surface area contributed by atoms with Crippen LogP contribution in [0.4, 0.5) is 5.69 Å². The topological polar surface area (TPSA) is 75.5 Å². The van der Waals surface area contributed by atoms with E-state index in [1.54, 1.807) is 17.0 Å². The molecule has 6 nitrogen and oxygen atoms in total. The third-order valence-corrected chi connectivity index (χ3v) is 4.66. The zero-order valence-electron chi connectivity index (χ0n) is 12.9. The van der Waals surface area contributed by atoms with Gasteiger partial charge in [0.15, 0.2) is 0 Å². The summed E-state index contributed by atoms with van der Waals surface area (Å²) in [4.78, 5) is 26.1. The normalized spacial score (nSPS) is 18.3. The summed E-state index contributed by atoms with van der Waals surface area (Å²) in [6.45, 7) is 2.18. The van der Waals surface area contributed by atoms with Gasteiger partial charge in [0.25, 0.3) is 11.6 Å². The number of nitro groups is 1. The van der Waals surface area contributed by atoms with Crippen LogP contribution < -0.4 is 5.32 Å². The SMILES string of the molecule is CNCC1CCCN(C(=O)c2cc(SC)ccc2[N+](=O)[O-])C1. The number of likely N-dealkylation sites (tertiary alicyclic amines) is 1. The Kier molecular flexibility index (Phi) is 5.79. The lowest BCUT2D eigenvalue weighted by atomic mass is 9.97. The fourth-order valence-electron chi connectivity index (χ4n) is 2.85. The first-order valence-electron chi connectivity index (χ1n) is 7.33. The Hall–Kier alpha value is -1.60. The maximum absolute atomic E-state index is 12.7. The first-order chi connectivity index (χ1) is 10.6. The summed E-state index contributed by atoms with van der Waals surface area (Å²) >= 11 is 1.47. The minimum Gasteiger partial charge on any atom is -0.338 e. The fraction of sp³-hybridized carbons (Fsp3) is 0.533. The number of benzene rings is 1.